The third kappa shape index (κ3) is 7.65. The van der Waals surface area contributed by atoms with E-state index >= 15 is 0 Å². The molecule has 0 aliphatic heterocycles. The molecule has 0 aromatic carbocycles. The van der Waals surface area contributed by atoms with Crippen LogP contribution in [0.4, 0.5) is 0 Å². The highest BCUT2D eigenvalue weighted by molar-refractivity contribution is 5.26. The van der Waals surface area contributed by atoms with Crippen LogP contribution >= 0.6 is 0 Å². The molecule has 134 valence electrons. The molecule has 0 aromatic heterocycles. The SMILES string of the molecule is CCCCCCCCC1=CC=C(CCC(N)(CO)CO)CC1C. The van der Waals surface area contributed by atoms with E-state index < -0.39 is 5.54 Å². The fourth-order valence-corrected chi connectivity index (χ4v) is 3.22. The molecule has 0 aromatic rings. The molecule has 0 radical (unpaired) electrons. The van der Waals surface area contributed by atoms with E-state index in [0.29, 0.717) is 12.3 Å². The normalized spacial score (nSPS) is 18.7. The third-order valence-electron chi connectivity index (χ3n) is 5.13. The van der Waals surface area contributed by atoms with Gasteiger partial charge in [0.1, 0.15) is 0 Å². The predicted molar refractivity (Wildman–Crippen MR) is 98.3 cm³/mol. The predicted octanol–water partition coefficient (Wildman–Crippen LogP) is 4.09. The molecule has 0 saturated heterocycles. The molecule has 4 N–H and O–H groups in total. The summed E-state index contributed by atoms with van der Waals surface area (Å²) in [4.78, 5) is 0. The van der Waals surface area contributed by atoms with E-state index in [4.69, 9.17) is 5.73 Å². The first-order chi connectivity index (χ1) is 11.0. The summed E-state index contributed by atoms with van der Waals surface area (Å²) in [5, 5.41) is 18.5. The zero-order valence-corrected chi connectivity index (χ0v) is 15.2. The second-order valence-electron chi connectivity index (χ2n) is 7.37. The quantitative estimate of drug-likeness (QED) is 0.474. The molecular weight excluding hydrogens is 286 g/mol. The Morgan fingerprint density at radius 2 is 1.70 bits per heavy atom. The van der Waals surface area contributed by atoms with Crippen molar-refractivity contribution in [2.75, 3.05) is 13.2 Å². The fraction of sp³-hybridized carbons (Fsp3) is 0.800. The number of unbranched alkanes of at least 4 members (excludes halogenated alkanes) is 5. The van der Waals surface area contributed by atoms with Gasteiger partial charge in [0.15, 0.2) is 0 Å². The summed E-state index contributed by atoms with van der Waals surface area (Å²) in [6.45, 7) is 4.24. The van der Waals surface area contributed by atoms with E-state index in [2.05, 4.69) is 26.0 Å². The molecule has 0 heterocycles. The smallest absolute Gasteiger partial charge is 0.0633 e. The number of hydrogen-bond donors (Lipinski definition) is 3. The largest absolute Gasteiger partial charge is 0.394 e. The van der Waals surface area contributed by atoms with Gasteiger partial charge in [0.05, 0.1) is 18.8 Å². The molecule has 1 aliphatic carbocycles. The van der Waals surface area contributed by atoms with E-state index in [-0.39, 0.29) is 13.2 Å². The van der Waals surface area contributed by atoms with E-state index in [0.717, 1.165) is 12.8 Å². The van der Waals surface area contributed by atoms with Gasteiger partial charge in [-0.15, -0.1) is 0 Å². The summed E-state index contributed by atoms with van der Waals surface area (Å²) in [6, 6.07) is 0. The minimum Gasteiger partial charge on any atom is -0.394 e. The number of allylic oxidation sites excluding steroid dienone is 4. The first kappa shape index (κ1) is 20.4. The minimum atomic E-state index is -0.841. The Balaban J connectivity index is 2.35. The van der Waals surface area contributed by atoms with E-state index in [1.807, 2.05) is 0 Å². The molecule has 0 bridgehead atoms. The van der Waals surface area contributed by atoms with Gasteiger partial charge < -0.3 is 15.9 Å². The minimum absolute atomic E-state index is 0.161. The molecule has 1 atom stereocenters. The Morgan fingerprint density at radius 3 is 2.30 bits per heavy atom. The molecule has 0 saturated carbocycles. The molecule has 3 heteroatoms. The van der Waals surface area contributed by atoms with Gasteiger partial charge in [0, 0.05) is 0 Å². The summed E-state index contributed by atoms with van der Waals surface area (Å²) >= 11 is 0. The highest BCUT2D eigenvalue weighted by Gasteiger charge is 2.24. The van der Waals surface area contributed by atoms with Gasteiger partial charge in [-0.3, -0.25) is 0 Å². The molecule has 1 unspecified atom stereocenters. The Kier molecular flexibility index (Phi) is 9.77. The van der Waals surface area contributed by atoms with Crippen molar-refractivity contribution in [3.8, 4) is 0 Å². The molecule has 0 amide bonds. The maximum absolute atomic E-state index is 9.27. The number of aliphatic hydroxyl groups excluding tert-OH is 2. The molecular formula is C20H37NO2. The number of hydrogen-bond acceptors (Lipinski definition) is 3. The Morgan fingerprint density at radius 1 is 1.04 bits per heavy atom. The molecule has 1 rings (SSSR count). The van der Waals surface area contributed by atoms with Gasteiger partial charge in [0.2, 0.25) is 0 Å². The van der Waals surface area contributed by atoms with Crippen molar-refractivity contribution in [3.05, 3.63) is 23.3 Å². The third-order valence-corrected chi connectivity index (χ3v) is 5.13. The van der Waals surface area contributed by atoms with Gasteiger partial charge in [0.25, 0.3) is 0 Å². The average Bonchev–Trinajstić information content (AvgIpc) is 2.57. The molecule has 0 fully saturated rings. The van der Waals surface area contributed by atoms with Crippen molar-refractivity contribution in [3.63, 3.8) is 0 Å². The van der Waals surface area contributed by atoms with Crippen molar-refractivity contribution >= 4 is 0 Å². The topological polar surface area (TPSA) is 66.5 Å². The second kappa shape index (κ2) is 11.0. The number of aliphatic hydroxyl groups is 2. The van der Waals surface area contributed by atoms with Gasteiger partial charge in [-0.05, 0) is 38.0 Å². The Bertz CT molecular complexity index is 383. The van der Waals surface area contributed by atoms with E-state index in [1.165, 1.54) is 50.5 Å². The van der Waals surface area contributed by atoms with Gasteiger partial charge >= 0.3 is 0 Å². The van der Waals surface area contributed by atoms with Gasteiger partial charge in [-0.25, -0.2) is 0 Å². The van der Waals surface area contributed by atoms with Crippen LogP contribution in [0.3, 0.4) is 0 Å². The Labute approximate surface area is 142 Å². The zero-order chi connectivity index (χ0) is 17.1. The highest BCUT2D eigenvalue weighted by atomic mass is 16.3. The van der Waals surface area contributed by atoms with Crippen LogP contribution in [-0.2, 0) is 0 Å². The van der Waals surface area contributed by atoms with E-state index in [9.17, 15) is 10.2 Å². The van der Waals surface area contributed by atoms with Crippen LogP contribution in [0.2, 0.25) is 0 Å². The zero-order valence-electron chi connectivity index (χ0n) is 15.2. The lowest BCUT2D eigenvalue weighted by Gasteiger charge is -2.27. The lowest BCUT2D eigenvalue weighted by molar-refractivity contribution is 0.114. The summed E-state index contributed by atoms with van der Waals surface area (Å²) in [7, 11) is 0. The van der Waals surface area contributed by atoms with Crippen molar-refractivity contribution in [1.82, 2.24) is 0 Å². The van der Waals surface area contributed by atoms with Crippen LogP contribution < -0.4 is 5.73 Å². The fourth-order valence-electron chi connectivity index (χ4n) is 3.22. The second-order valence-corrected chi connectivity index (χ2v) is 7.37. The van der Waals surface area contributed by atoms with Crippen LogP contribution in [0.15, 0.2) is 23.3 Å². The van der Waals surface area contributed by atoms with Crippen LogP contribution in [0.5, 0.6) is 0 Å². The number of rotatable bonds is 12. The summed E-state index contributed by atoms with van der Waals surface area (Å²) in [5.41, 5.74) is 8.07. The lowest BCUT2D eigenvalue weighted by atomic mass is 9.82. The van der Waals surface area contributed by atoms with Crippen LogP contribution in [-0.4, -0.2) is 29.0 Å². The van der Waals surface area contributed by atoms with Crippen molar-refractivity contribution in [1.29, 1.82) is 0 Å². The Hall–Kier alpha value is -0.640. The molecule has 1 aliphatic rings. The van der Waals surface area contributed by atoms with E-state index in [1.54, 1.807) is 5.57 Å². The van der Waals surface area contributed by atoms with Crippen LogP contribution in [0, 0.1) is 5.92 Å². The van der Waals surface area contributed by atoms with Crippen LogP contribution in [0.25, 0.3) is 0 Å². The van der Waals surface area contributed by atoms with Crippen LogP contribution in [0.1, 0.15) is 78.1 Å². The van der Waals surface area contributed by atoms with Gasteiger partial charge in [-0.1, -0.05) is 69.2 Å². The standard InChI is InChI=1S/C20H37NO2/c1-3-4-5-6-7-8-9-19-11-10-18(14-17(19)2)12-13-20(21,15-22)16-23/h10-11,17,22-23H,3-9,12-16,21H2,1-2H3. The average molecular weight is 324 g/mol. The summed E-state index contributed by atoms with van der Waals surface area (Å²) in [5.74, 6) is 0.612. The monoisotopic (exact) mass is 323 g/mol. The van der Waals surface area contributed by atoms with Crippen molar-refractivity contribution < 1.29 is 10.2 Å². The maximum atomic E-state index is 9.27. The first-order valence-corrected chi connectivity index (χ1v) is 9.43. The summed E-state index contributed by atoms with van der Waals surface area (Å²) < 4.78 is 0. The van der Waals surface area contributed by atoms with Crippen molar-refractivity contribution in [2.45, 2.75) is 83.6 Å². The molecule has 3 nitrogen and oxygen atoms in total. The number of nitrogens with two attached hydrogens (primary N) is 1. The summed E-state index contributed by atoms with van der Waals surface area (Å²) in [6.07, 6.45) is 16.5. The highest BCUT2D eigenvalue weighted by Crippen LogP contribution is 2.31. The van der Waals surface area contributed by atoms with Crippen molar-refractivity contribution in [2.24, 2.45) is 11.7 Å². The molecule has 0 spiro atoms. The lowest BCUT2D eigenvalue weighted by Crippen LogP contribution is -2.47. The molecule has 23 heavy (non-hydrogen) atoms. The first-order valence-electron chi connectivity index (χ1n) is 9.43. The van der Waals surface area contributed by atoms with Gasteiger partial charge in [-0.2, -0.15) is 0 Å². The maximum Gasteiger partial charge on any atom is 0.0633 e.